The summed E-state index contributed by atoms with van der Waals surface area (Å²) in [7, 11) is 1.55. The molecule has 0 aromatic heterocycles. The van der Waals surface area contributed by atoms with Crippen LogP contribution < -0.4 is 20.3 Å². The van der Waals surface area contributed by atoms with Gasteiger partial charge in [0, 0.05) is 15.6 Å². The molecule has 0 bridgehead atoms. The van der Waals surface area contributed by atoms with E-state index >= 15 is 0 Å². The van der Waals surface area contributed by atoms with E-state index in [0.29, 0.717) is 21.5 Å². The lowest BCUT2D eigenvalue weighted by Gasteiger charge is -2.09. The van der Waals surface area contributed by atoms with Crippen molar-refractivity contribution in [1.29, 1.82) is 0 Å². The molecule has 0 atom stereocenters. The number of nitrogens with one attached hydrogen (secondary N) is 2. The summed E-state index contributed by atoms with van der Waals surface area (Å²) < 4.78 is 10.3. The van der Waals surface area contributed by atoms with Crippen molar-refractivity contribution in [2.75, 3.05) is 13.7 Å². The molecule has 8 heteroatoms. The molecule has 2 amide bonds. The van der Waals surface area contributed by atoms with Gasteiger partial charge in [0.15, 0.2) is 6.61 Å². The third kappa shape index (κ3) is 5.33. The monoisotopic (exact) mass is 368 g/mol. The van der Waals surface area contributed by atoms with Gasteiger partial charge >= 0.3 is 0 Å². The molecule has 0 fully saturated rings. The van der Waals surface area contributed by atoms with Crippen molar-refractivity contribution in [2.45, 2.75) is 0 Å². The van der Waals surface area contributed by atoms with Gasteiger partial charge in [0.25, 0.3) is 11.8 Å². The molecule has 0 unspecified atom stereocenters. The van der Waals surface area contributed by atoms with Gasteiger partial charge in [-0.3, -0.25) is 20.4 Å². The molecular formula is C16H14Cl2N2O4. The lowest BCUT2D eigenvalue weighted by Crippen LogP contribution is -2.43. The quantitative estimate of drug-likeness (QED) is 0.795. The van der Waals surface area contributed by atoms with E-state index in [-0.39, 0.29) is 12.2 Å². The maximum absolute atomic E-state index is 11.9. The average Bonchev–Trinajstić information content (AvgIpc) is 2.57. The van der Waals surface area contributed by atoms with Gasteiger partial charge in [0.05, 0.1) is 7.11 Å². The minimum atomic E-state index is -0.544. The van der Waals surface area contributed by atoms with Crippen LogP contribution >= 0.6 is 23.2 Å². The van der Waals surface area contributed by atoms with Crippen LogP contribution in [0.2, 0.25) is 10.0 Å². The zero-order valence-corrected chi connectivity index (χ0v) is 14.1. The second-order valence-corrected chi connectivity index (χ2v) is 5.50. The lowest BCUT2D eigenvalue weighted by atomic mass is 10.2. The topological polar surface area (TPSA) is 76.7 Å². The normalized spacial score (nSPS) is 9.96. The molecule has 0 saturated heterocycles. The zero-order chi connectivity index (χ0) is 17.5. The molecule has 0 spiro atoms. The fraction of sp³-hybridized carbons (Fsp3) is 0.125. The summed E-state index contributed by atoms with van der Waals surface area (Å²) in [6.45, 7) is -0.261. The lowest BCUT2D eigenvalue weighted by molar-refractivity contribution is -0.123. The van der Waals surface area contributed by atoms with E-state index in [0.717, 1.165) is 0 Å². The van der Waals surface area contributed by atoms with Crippen LogP contribution in [0.15, 0.2) is 42.5 Å². The minimum absolute atomic E-state index is 0.226. The summed E-state index contributed by atoms with van der Waals surface area (Å²) in [5, 5.41) is 0.642. The summed E-state index contributed by atoms with van der Waals surface area (Å²) in [5.41, 5.74) is 4.72. The maximum Gasteiger partial charge on any atom is 0.276 e. The Kier molecular flexibility index (Phi) is 6.28. The second kappa shape index (κ2) is 8.42. The van der Waals surface area contributed by atoms with E-state index in [4.69, 9.17) is 32.7 Å². The van der Waals surface area contributed by atoms with Crippen molar-refractivity contribution in [3.63, 3.8) is 0 Å². The molecule has 0 aliphatic heterocycles. The molecule has 2 aromatic carbocycles. The maximum atomic E-state index is 11.9. The van der Waals surface area contributed by atoms with Crippen molar-refractivity contribution in [3.8, 4) is 11.5 Å². The first-order valence-electron chi connectivity index (χ1n) is 6.80. The molecule has 0 radical (unpaired) electrons. The molecule has 2 N–H and O–H groups in total. The average molecular weight is 369 g/mol. The van der Waals surface area contributed by atoms with Gasteiger partial charge in [-0.1, -0.05) is 23.2 Å². The predicted molar refractivity (Wildman–Crippen MR) is 90.6 cm³/mol. The van der Waals surface area contributed by atoms with Crippen LogP contribution in [-0.2, 0) is 4.79 Å². The predicted octanol–water partition coefficient (Wildman–Crippen LogP) is 2.84. The molecule has 0 heterocycles. The first-order chi connectivity index (χ1) is 11.5. The van der Waals surface area contributed by atoms with Gasteiger partial charge in [0.2, 0.25) is 0 Å². The Bertz CT molecular complexity index is 715. The molecule has 2 aromatic rings. The van der Waals surface area contributed by atoms with E-state index in [1.165, 1.54) is 18.2 Å². The summed E-state index contributed by atoms with van der Waals surface area (Å²) in [5.74, 6) is 0.114. The number of hydrogen-bond acceptors (Lipinski definition) is 4. The van der Waals surface area contributed by atoms with E-state index in [1.54, 1.807) is 31.4 Å². The van der Waals surface area contributed by atoms with Gasteiger partial charge in [-0.2, -0.15) is 0 Å². The Labute approximate surface area is 148 Å². The van der Waals surface area contributed by atoms with E-state index in [1.807, 2.05) is 0 Å². The van der Waals surface area contributed by atoms with Gasteiger partial charge < -0.3 is 9.47 Å². The van der Waals surface area contributed by atoms with Crippen molar-refractivity contribution >= 4 is 35.0 Å². The Morgan fingerprint density at radius 2 is 1.54 bits per heavy atom. The van der Waals surface area contributed by atoms with Crippen LogP contribution in [0.1, 0.15) is 10.4 Å². The van der Waals surface area contributed by atoms with Gasteiger partial charge in [-0.25, -0.2) is 0 Å². The molecular weight excluding hydrogens is 355 g/mol. The highest BCUT2D eigenvalue weighted by Crippen LogP contribution is 2.19. The number of methoxy groups -OCH3 is 1. The van der Waals surface area contributed by atoms with E-state index < -0.39 is 11.8 Å². The fourth-order valence-corrected chi connectivity index (χ4v) is 2.27. The number of halogens is 2. The van der Waals surface area contributed by atoms with Gasteiger partial charge in [0.1, 0.15) is 11.5 Å². The fourth-order valence-electron chi connectivity index (χ4n) is 1.74. The van der Waals surface area contributed by atoms with Crippen LogP contribution in [0, 0.1) is 0 Å². The van der Waals surface area contributed by atoms with E-state index in [9.17, 15) is 9.59 Å². The largest absolute Gasteiger partial charge is 0.497 e. The van der Waals surface area contributed by atoms with Crippen molar-refractivity contribution < 1.29 is 19.1 Å². The second-order valence-electron chi connectivity index (χ2n) is 4.62. The molecule has 2 rings (SSSR count). The summed E-state index contributed by atoms with van der Waals surface area (Å²) in [4.78, 5) is 23.6. The number of carbonyl (C=O) groups is 2. The highest BCUT2D eigenvalue weighted by molar-refractivity contribution is 6.35. The SMILES string of the molecule is COc1ccc(OCC(=O)NNC(=O)c2cc(Cl)cc(Cl)c2)cc1. The van der Waals surface area contributed by atoms with Crippen LogP contribution in [-0.4, -0.2) is 25.5 Å². The molecule has 0 saturated carbocycles. The minimum Gasteiger partial charge on any atom is -0.497 e. The van der Waals surface area contributed by atoms with Crippen molar-refractivity contribution in [2.24, 2.45) is 0 Å². The number of hydrazine groups is 1. The van der Waals surface area contributed by atoms with Crippen LogP contribution in [0.3, 0.4) is 0 Å². The number of benzene rings is 2. The molecule has 24 heavy (non-hydrogen) atoms. The number of rotatable bonds is 5. The summed E-state index contributed by atoms with van der Waals surface area (Å²) in [6.07, 6.45) is 0. The zero-order valence-electron chi connectivity index (χ0n) is 12.6. The standard InChI is InChI=1S/C16H14Cl2N2O4/c1-23-13-2-4-14(5-3-13)24-9-15(21)19-20-16(22)10-6-11(17)8-12(18)7-10/h2-8H,9H2,1H3,(H,19,21)(H,20,22). The number of hydrogen-bond donors (Lipinski definition) is 2. The van der Waals surface area contributed by atoms with Crippen molar-refractivity contribution in [1.82, 2.24) is 10.9 Å². The third-order valence-electron chi connectivity index (χ3n) is 2.87. The Balaban J connectivity index is 1.80. The molecule has 126 valence electrons. The first kappa shape index (κ1) is 17.9. The van der Waals surface area contributed by atoms with Crippen molar-refractivity contribution in [3.05, 3.63) is 58.1 Å². The smallest absolute Gasteiger partial charge is 0.276 e. The van der Waals surface area contributed by atoms with Gasteiger partial charge in [-0.05, 0) is 42.5 Å². The number of amides is 2. The summed E-state index contributed by atoms with van der Waals surface area (Å²) >= 11 is 11.6. The Hall–Kier alpha value is -2.44. The first-order valence-corrected chi connectivity index (χ1v) is 7.55. The Morgan fingerprint density at radius 1 is 0.958 bits per heavy atom. The number of ether oxygens (including phenoxy) is 2. The van der Waals surface area contributed by atoms with Crippen LogP contribution in [0.4, 0.5) is 0 Å². The summed E-state index contributed by atoms with van der Waals surface area (Å²) in [6, 6.07) is 11.1. The molecule has 0 aliphatic rings. The van der Waals surface area contributed by atoms with E-state index in [2.05, 4.69) is 10.9 Å². The highest BCUT2D eigenvalue weighted by atomic mass is 35.5. The van der Waals surface area contributed by atoms with Gasteiger partial charge in [-0.15, -0.1) is 0 Å². The Morgan fingerprint density at radius 3 is 2.12 bits per heavy atom. The third-order valence-corrected chi connectivity index (χ3v) is 3.31. The molecule has 6 nitrogen and oxygen atoms in total. The number of carbonyl (C=O) groups excluding carboxylic acids is 2. The highest BCUT2D eigenvalue weighted by Gasteiger charge is 2.10. The molecule has 0 aliphatic carbocycles. The van der Waals surface area contributed by atoms with Crippen LogP contribution in [0.25, 0.3) is 0 Å². The van der Waals surface area contributed by atoms with Crippen LogP contribution in [0.5, 0.6) is 11.5 Å².